The van der Waals surface area contributed by atoms with Crippen LogP contribution in [0.25, 0.3) is 0 Å². The van der Waals surface area contributed by atoms with Crippen LogP contribution in [0.3, 0.4) is 0 Å². The van der Waals surface area contributed by atoms with Gasteiger partial charge in [0.2, 0.25) is 0 Å². The van der Waals surface area contributed by atoms with Crippen LogP contribution < -0.4 is 5.32 Å². The number of halogens is 2. The lowest BCUT2D eigenvalue weighted by molar-refractivity contribution is 0.0698. The first kappa shape index (κ1) is 14.4. The standard InChI is InChI=1S/C11H16ClN3O.ClH/c1-15(9-2-4-13-5-3-9)11(16)10-6-8(12)7-14-10;/h6-7,9,13-14H,2-5H2,1H3;1H. The Balaban J connectivity index is 0.00000144. The first-order valence-corrected chi connectivity index (χ1v) is 5.88. The van der Waals surface area contributed by atoms with Crippen molar-refractivity contribution in [3.8, 4) is 0 Å². The molecule has 96 valence electrons. The molecular formula is C11H17Cl2N3O. The molecular weight excluding hydrogens is 261 g/mol. The first-order chi connectivity index (χ1) is 7.68. The molecule has 0 bridgehead atoms. The van der Waals surface area contributed by atoms with E-state index in [1.165, 1.54) is 0 Å². The summed E-state index contributed by atoms with van der Waals surface area (Å²) in [7, 11) is 1.85. The Morgan fingerprint density at radius 3 is 2.65 bits per heavy atom. The third kappa shape index (κ3) is 3.37. The van der Waals surface area contributed by atoms with Gasteiger partial charge in [-0.15, -0.1) is 12.4 Å². The van der Waals surface area contributed by atoms with Crippen molar-refractivity contribution in [2.45, 2.75) is 18.9 Å². The monoisotopic (exact) mass is 277 g/mol. The molecule has 1 aliphatic rings. The molecule has 1 saturated heterocycles. The predicted molar refractivity (Wildman–Crippen MR) is 71.0 cm³/mol. The number of H-pyrrole nitrogens is 1. The fraction of sp³-hybridized carbons (Fsp3) is 0.545. The third-order valence-corrected chi connectivity index (χ3v) is 3.27. The van der Waals surface area contributed by atoms with E-state index in [4.69, 9.17) is 11.6 Å². The van der Waals surface area contributed by atoms with Gasteiger partial charge in [0.15, 0.2) is 0 Å². The van der Waals surface area contributed by atoms with Crippen LogP contribution in [0.2, 0.25) is 5.02 Å². The Labute approximate surface area is 112 Å². The molecule has 6 heteroatoms. The second kappa shape index (κ2) is 6.28. The van der Waals surface area contributed by atoms with Crippen molar-refractivity contribution in [3.63, 3.8) is 0 Å². The molecule has 0 spiro atoms. The van der Waals surface area contributed by atoms with Gasteiger partial charge in [-0.25, -0.2) is 0 Å². The molecule has 1 aromatic rings. The molecule has 4 nitrogen and oxygen atoms in total. The van der Waals surface area contributed by atoms with Crippen molar-refractivity contribution in [2.24, 2.45) is 0 Å². The lowest BCUT2D eigenvalue weighted by Crippen LogP contribution is -2.44. The number of hydrogen-bond donors (Lipinski definition) is 2. The van der Waals surface area contributed by atoms with Crippen LogP contribution in [0.1, 0.15) is 23.3 Å². The molecule has 0 unspecified atom stereocenters. The van der Waals surface area contributed by atoms with Crippen molar-refractivity contribution < 1.29 is 4.79 Å². The Kier molecular flexibility index (Phi) is 5.31. The number of aromatic nitrogens is 1. The minimum absolute atomic E-state index is 0. The van der Waals surface area contributed by atoms with Crippen LogP contribution in [-0.4, -0.2) is 42.0 Å². The average molecular weight is 278 g/mol. The van der Waals surface area contributed by atoms with Crippen molar-refractivity contribution in [1.29, 1.82) is 0 Å². The fourth-order valence-corrected chi connectivity index (χ4v) is 2.20. The van der Waals surface area contributed by atoms with Crippen LogP contribution >= 0.6 is 24.0 Å². The Morgan fingerprint density at radius 1 is 1.47 bits per heavy atom. The van der Waals surface area contributed by atoms with Gasteiger partial charge in [-0.05, 0) is 32.0 Å². The van der Waals surface area contributed by atoms with Crippen LogP contribution in [0.4, 0.5) is 0 Å². The quantitative estimate of drug-likeness (QED) is 0.868. The summed E-state index contributed by atoms with van der Waals surface area (Å²) in [6.45, 7) is 1.96. The average Bonchev–Trinajstić information content (AvgIpc) is 2.75. The number of aromatic amines is 1. The maximum atomic E-state index is 12.1. The maximum Gasteiger partial charge on any atom is 0.270 e. The van der Waals surface area contributed by atoms with Gasteiger partial charge >= 0.3 is 0 Å². The minimum atomic E-state index is 0. The molecule has 1 amide bonds. The minimum Gasteiger partial charge on any atom is -0.356 e. The van der Waals surface area contributed by atoms with Gasteiger partial charge in [-0.2, -0.15) is 0 Å². The number of carbonyl (C=O) groups excluding carboxylic acids is 1. The number of piperidine rings is 1. The summed E-state index contributed by atoms with van der Waals surface area (Å²) in [6, 6.07) is 2.00. The van der Waals surface area contributed by atoms with E-state index in [0.717, 1.165) is 25.9 Å². The summed E-state index contributed by atoms with van der Waals surface area (Å²) in [5, 5.41) is 3.86. The molecule has 1 aromatic heterocycles. The van der Waals surface area contributed by atoms with E-state index in [2.05, 4.69) is 10.3 Å². The number of nitrogens with zero attached hydrogens (tertiary/aromatic N) is 1. The van der Waals surface area contributed by atoms with Crippen molar-refractivity contribution in [2.75, 3.05) is 20.1 Å². The highest BCUT2D eigenvalue weighted by molar-refractivity contribution is 6.30. The summed E-state index contributed by atoms with van der Waals surface area (Å²) < 4.78 is 0. The van der Waals surface area contributed by atoms with Crippen LogP contribution in [0.15, 0.2) is 12.3 Å². The Morgan fingerprint density at radius 2 is 2.12 bits per heavy atom. The van der Waals surface area contributed by atoms with Gasteiger partial charge in [0.1, 0.15) is 5.69 Å². The molecule has 1 fully saturated rings. The number of amides is 1. The molecule has 2 rings (SSSR count). The number of carbonyl (C=O) groups is 1. The fourth-order valence-electron chi connectivity index (χ4n) is 2.04. The summed E-state index contributed by atoms with van der Waals surface area (Å²) in [6.07, 6.45) is 3.65. The van der Waals surface area contributed by atoms with E-state index in [1.54, 1.807) is 12.3 Å². The highest BCUT2D eigenvalue weighted by Gasteiger charge is 2.23. The van der Waals surface area contributed by atoms with E-state index in [9.17, 15) is 4.79 Å². The molecule has 0 radical (unpaired) electrons. The SMILES string of the molecule is CN(C(=O)c1cc(Cl)c[nH]1)C1CCNCC1.Cl. The lowest BCUT2D eigenvalue weighted by Gasteiger charge is -2.31. The van der Waals surface area contributed by atoms with Crippen LogP contribution in [0.5, 0.6) is 0 Å². The highest BCUT2D eigenvalue weighted by Crippen LogP contribution is 2.15. The Hall–Kier alpha value is -0.710. The highest BCUT2D eigenvalue weighted by atomic mass is 35.5. The normalized spacial score (nSPS) is 16.4. The zero-order valence-electron chi connectivity index (χ0n) is 9.70. The predicted octanol–water partition coefficient (Wildman–Crippen LogP) is 1.91. The van der Waals surface area contributed by atoms with Crippen LogP contribution in [-0.2, 0) is 0 Å². The molecule has 0 aliphatic carbocycles. The van der Waals surface area contributed by atoms with Gasteiger partial charge in [-0.3, -0.25) is 4.79 Å². The van der Waals surface area contributed by atoms with E-state index >= 15 is 0 Å². The lowest BCUT2D eigenvalue weighted by atomic mass is 10.1. The van der Waals surface area contributed by atoms with Crippen LogP contribution in [0, 0.1) is 0 Å². The Bertz CT molecular complexity index is 375. The summed E-state index contributed by atoms with van der Waals surface area (Å²) in [5.74, 6) is 0.0128. The molecule has 2 heterocycles. The molecule has 17 heavy (non-hydrogen) atoms. The topological polar surface area (TPSA) is 48.1 Å². The van der Waals surface area contributed by atoms with Crippen molar-refractivity contribution in [1.82, 2.24) is 15.2 Å². The molecule has 1 aliphatic heterocycles. The second-order valence-electron chi connectivity index (χ2n) is 4.13. The molecule has 0 saturated carbocycles. The van der Waals surface area contributed by atoms with Crippen molar-refractivity contribution >= 4 is 29.9 Å². The largest absolute Gasteiger partial charge is 0.356 e. The summed E-state index contributed by atoms with van der Waals surface area (Å²) in [5.41, 5.74) is 0.561. The van der Waals surface area contributed by atoms with E-state index in [1.807, 2.05) is 11.9 Å². The zero-order valence-corrected chi connectivity index (χ0v) is 11.3. The van der Waals surface area contributed by atoms with Gasteiger partial charge in [0.25, 0.3) is 5.91 Å². The number of hydrogen-bond acceptors (Lipinski definition) is 2. The van der Waals surface area contributed by atoms with E-state index < -0.39 is 0 Å². The molecule has 0 atom stereocenters. The van der Waals surface area contributed by atoms with E-state index in [-0.39, 0.29) is 18.3 Å². The zero-order chi connectivity index (χ0) is 11.5. The summed E-state index contributed by atoms with van der Waals surface area (Å²) in [4.78, 5) is 16.8. The van der Waals surface area contributed by atoms with Gasteiger partial charge in [-0.1, -0.05) is 11.6 Å². The first-order valence-electron chi connectivity index (χ1n) is 5.50. The smallest absolute Gasteiger partial charge is 0.270 e. The second-order valence-corrected chi connectivity index (χ2v) is 4.57. The third-order valence-electron chi connectivity index (χ3n) is 3.05. The maximum absolute atomic E-state index is 12.1. The molecule has 0 aromatic carbocycles. The van der Waals surface area contributed by atoms with E-state index in [0.29, 0.717) is 16.8 Å². The molecule has 2 N–H and O–H groups in total. The van der Waals surface area contributed by atoms with Gasteiger partial charge in [0, 0.05) is 19.3 Å². The number of nitrogens with one attached hydrogen (secondary N) is 2. The number of rotatable bonds is 2. The van der Waals surface area contributed by atoms with Gasteiger partial charge < -0.3 is 15.2 Å². The van der Waals surface area contributed by atoms with Gasteiger partial charge in [0.05, 0.1) is 5.02 Å². The van der Waals surface area contributed by atoms with Crippen molar-refractivity contribution in [3.05, 3.63) is 23.0 Å². The summed E-state index contributed by atoms with van der Waals surface area (Å²) >= 11 is 5.78.